The smallest absolute Gasteiger partial charge is 0.270 e. The monoisotopic (exact) mass is 324 g/mol. The summed E-state index contributed by atoms with van der Waals surface area (Å²) in [6, 6.07) is 7.18. The summed E-state index contributed by atoms with van der Waals surface area (Å²) in [5.41, 5.74) is 4.45. The average molecular weight is 324 g/mol. The molecule has 0 unspecified atom stereocenters. The molecule has 3 atom stereocenters. The van der Waals surface area contributed by atoms with Crippen molar-refractivity contribution >= 4 is 11.9 Å². The number of non-ortho nitro benzene ring substituents is 1. The molecule has 1 saturated carbocycles. The minimum atomic E-state index is -0.341. The molecule has 24 heavy (non-hydrogen) atoms. The Morgan fingerprint density at radius 1 is 1.17 bits per heavy atom. The van der Waals surface area contributed by atoms with E-state index in [1.807, 2.05) is 12.3 Å². The van der Waals surface area contributed by atoms with Crippen molar-refractivity contribution in [2.45, 2.75) is 57.4 Å². The zero-order valence-electron chi connectivity index (χ0n) is 14.0. The lowest BCUT2D eigenvalue weighted by Crippen LogP contribution is -2.38. The Labute approximate surface area is 142 Å². The van der Waals surface area contributed by atoms with Crippen molar-refractivity contribution in [3.8, 4) is 0 Å². The maximum atomic E-state index is 10.9. The normalized spacial score (nSPS) is 29.6. The topological polar surface area (TPSA) is 55.5 Å². The van der Waals surface area contributed by atoms with E-state index < -0.39 is 0 Å². The molecule has 3 aliphatic rings. The number of allylic oxidation sites excluding steroid dienone is 1. The van der Waals surface area contributed by atoms with Gasteiger partial charge in [0.15, 0.2) is 0 Å². The van der Waals surface area contributed by atoms with Crippen LogP contribution in [-0.4, -0.2) is 17.2 Å². The van der Waals surface area contributed by atoms with E-state index >= 15 is 0 Å². The van der Waals surface area contributed by atoms with E-state index in [1.165, 1.54) is 57.4 Å². The molecule has 0 N–H and O–H groups in total. The maximum Gasteiger partial charge on any atom is 0.270 e. The molecule has 1 fully saturated rings. The molecular formula is C20H24N2O2. The standard InChI is InChI=1S/C20H24N2O2/c23-22(24)17-8-3-5-14(11-17)13-21-20-16-7-4-10-19(20)18-9-2-1-6-15(18)12-16/h3,5,8,11,13,16,19-20H,1-2,4,6-7,9-10,12H2/t16-,19-,20-/m1/s1. The molecule has 3 aliphatic carbocycles. The van der Waals surface area contributed by atoms with Crippen molar-refractivity contribution in [3.63, 3.8) is 0 Å². The summed E-state index contributed by atoms with van der Waals surface area (Å²) in [5.74, 6) is 1.30. The summed E-state index contributed by atoms with van der Waals surface area (Å²) >= 11 is 0. The summed E-state index contributed by atoms with van der Waals surface area (Å²) in [5, 5.41) is 10.9. The van der Waals surface area contributed by atoms with Crippen LogP contribution in [0.4, 0.5) is 5.69 Å². The van der Waals surface area contributed by atoms with Crippen LogP contribution >= 0.6 is 0 Å². The number of fused-ring (bicyclic) bond motifs is 3. The first-order valence-electron chi connectivity index (χ1n) is 9.21. The zero-order valence-corrected chi connectivity index (χ0v) is 14.0. The highest BCUT2D eigenvalue weighted by molar-refractivity contribution is 5.80. The van der Waals surface area contributed by atoms with E-state index in [4.69, 9.17) is 4.99 Å². The molecule has 0 aromatic heterocycles. The molecule has 0 aliphatic heterocycles. The molecule has 2 bridgehead atoms. The van der Waals surface area contributed by atoms with Crippen LogP contribution in [0.2, 0.25) is 0 Å². The minimum Gasteiger partial charge on any atom is -0.288 e. The van der Waals surface area contributed by atoms with E-state index in [0.29, 0.717) is 17.9 Å². The number of hydrogen-bond donors (Lipinski definition) is 0. The van der Waals surface area contributed by atoms with Crippen LogP contribution in [0.25, 0.3) is 0 Å². The highest BCUT2D eigenvalue weighted by Gasteiger charge is 2.40. The SMILES string of the molecule is O=[N+]([O-])c1cccc(C=N[C@@H]2[C@@H]3CCC[C@@H]2C2=C(CCCC2)C3)c1. The first-order valence-corrected chi connectivity index (χ1v) is 9.21. The minimum absolute atomic E-state index is 0.139. The number of hydrogen-bond acceptors (Lipinski definition) is 3. The van der Waals surface area contributed by atoms with Gasteiger partial charge >= 0.3 is 0 Å². The molecule has 0 spiro atoms. The van der Waals surface area contributed by atoms with Crippen LogP contribution in [-0.2, 0) is 0 Å². The maximum absolute atomic E-state index is 10.9. The molecule has 0 heterocycles. The van der Waals surface area contributed by atoms with E-state index in [0.717, 1.165) is 5.56 Å². The third-order valence-corrected chi connectivity index (χ3v) is 6.05. The van der Waals surface area contributed by atoms with Gasteiger partial charge in [-0.15, -0.1) is 0 Å². The first-order chi connectivity index (χ1) is 11.7. The Balaban J connectivity index is 1.59. The quantitative estimate of drug-likeness (QED) is 0.337. The van der Waals surface area contributed by atoms with Gasteiger partial charge in [0.1, 0.15) is 0 Å². The molecular weight excluding hydrogens is 300 g/mol. The Morgan fingerprint density at radius 3 is 2.92 bits per heavy atom. The Kier molecular flexibility index (Phi) is 4.21. The van der Waals surface area contributed by atoms with E-state index in [2.05, 4.69) is 0 Å². The summed E-state index contributed by atoms with van der Waals surface area (Å²) in [6.45, 7) is 0. The van der Waals surface area contributed by atoms with Gasteiger partial charge in [0.05, 0.1) is 11.0 Å². The van der Waals surface area contributed by atoms with Gasteiger partial charge in [0.2, 0.25) is 0 Å². The summed E-state index contributed by atoms with van der Waals surface area (Å²) in [4.78, 5) is 15.5. The number of aliphatic imine (C=N–C) groups is 1. The molecule has 4 rings (SSSR count). The molecule has 0 saturated heterocycles. The summed E-state index contributed by atoms with van der Waals surface area (Å²) < 4.78 is 0. The lowest BCUT2D eigenvalue weighted by Gasteiger charge is -2.44. The largest absolute Gasteiger partial charge is 0.288 e. The van der Waals surface area contributed by atoms with E-state index in [1.54, 1.807) is 23.3 Å². The van der Waals surface area contributed by atoms with Crippen LogP contribution < -0.4 is 0 Å². The predicted molar refractivity (Wildman–Crippen MR) is 95.4 cm³/mol. The highest BCUT2D eigenvalue weighted by Crippen LogP contribution is 2.49. The molecule has 1 aromatic rings. The first kappa shape index (κ1) is 15.6. The zero-order chi connectivity index (χ0) is 16.5. The lowest BCUT2D eigenvalue weighted by molar-refractivity contribution is -0.384. The van der Waals surface area contributed by atoms with Gasteiger partial charge < -0.3 is 0 Å². The second-order valence-electron chi connectivity index (χ2n) is 7.46. The highest BCUT2D eigenvalue weighted by atomic mass is 16.6. The van der Waals surface area contributed by atoms with Crippen molar-refractivity contribution < 1.29 is 4.92 Å². The summed E-state index contributed by atoms with van der Waals surface area (Å²) in [6.07, 6.45) is 12.3. The van der Waals surface area contributed by atoms with E-state index in [9.17, 15) is 10.1 Å². The van der Waals surface area contributed by atoms with Crippen molar-refractivity contribution in [3.05, 3.63) is 51.1 Å². The Morgan fingerprint density at radius 2 is 2.04 bits per heavy atom. The molecule has 4 heteroatoms. The van der Waals surface area contributed by atoms with Crippen LogP contribution in [0.3, 0.4) is 0 Å². The van der Waals surface area contributed by atoms with Crippen molar-refractivity contribution in [2.75, 3.05) is 0 Å². The molecule has 0 radical (unpaired) electrons. The van der Waals surface area contributed by atoms with Gasteiger partial charge in [0, 0.05) is 24.3 Å². The fourth-order valence-corrected chi connectivity index (χ4v) is 4.98. The molecule has 1 aromatic carbocycles. The van der Waals surface area contributed by atoms with Gasteiger partial charge in [-0.2, -0.15) is 0 Å². The third kappa shape index (κ3) is 2.90. The second-order valence-corrected chi connectivity index (χ2v) is 7.46. The number of nitro groups is 1. The molecule has 0 amide bonds. The van der Waals surface area contributed by atoms with Gasteiger partial charge in [0.25, 0.3) is 5.69 Å². The van der Waals surface area contributed by atoms with Crippen molar-refractivity contribution in [1.82, 2.24) is 0 Å². The van der Waals surface area contributed by atoms with Gasteiger partial charge in [-0.1, -0.05) is 29.7 Å². The predicted octanol–water partition coefficient (Wildman–Crippen LogP) is 5.07. The third-order valence-electron chi connectivity index (χ3n) is 6.05. The fraction of sp³-hybridized carbons (Fsp3) is 0.550. The molecule has 126 valence electrons. The second kappa shape index (κ2) is 6.50. The lowest BCUT2D eigenvalue weighted by atomic mass is 9.63. The van der Waals surface area contributed by atoms with Crippen LogP contribution in [0.15, 0.2) is 40.4 Å². The molecule has 4 nitrogen and oxygen atoms in total. The van der Waals surface area contributed by atoms with Crippen molar-refractivity contribution in [2.24, 2.45) is 16.8 Å². The number of nitro benzene ring substituents is 1. The fourth-order valence-electron chi connectivity index (χ4n) is 4.98. The Bertz CT molecular complexity index is 707. The van der Waals surface area contributed by atoms with Gasteiger partial charge in [-0.25, -0.2) is 0 Å². The number of nitrogens with zero attached hydrogens (tertiary/aromatic N) is 2. The van der Waals surface area contributed by atoms with E-state index in [-0.39, 0.29) is 10.6 Å². The van der Waals surface area contributed by atoms with Crippen LogP contribution in [0.5, 0.6) is 0 Å². The van der Waals surface area contributed by atoms with Crippen LogP contribution in [0.1, 0.15) is 56.9 Å². The Hall–Kier alpha value is -1.97. The van der Waals surface area contributed by atoms with Crippen molar-refractivity contribution in [1.29, 1.82) is 0 Å². The summed E-state index contributed by atoms with van der Waals surface area (Å²) in [7, 11) is 0. The average Bonchev–Trinajstić information content (AvgIpc) is 2.60. The van der Waals surface area contributed by atoms with Gasteiger partial charge in [-0.05, 0) is 56.4 Å². The van der Waals surface area contributed by atoms with Gasteiger partial charge in [-0.3, -0.25) is 15.1 Å². The number of rotatable bonds is 3. The van der Waals surface area contributed by atoms with Crippen LogP contribution in [0, 0.1) is 22.0 Å². The number of benzene rings is 1.